The van der Waals surface area contributed by atoms with E-state index in [9.17, 15) is 9.18 Å². The molecule has 2 atom stereocenters. The van der Waals surface area contributed by atoms with Crippen LogP contribution in [0.1, 0.15) is 12.0 Å². The zero-order valence-corrected chi connectivity index (χ0v) is 8.71. The van der Waals surface area contributed by atoms with Crippen molar-refractivity contribution < 1.29 is 13.9 Å². The zero-order valence-electron chi connectivity index (χ0n) is 7.95. The highest BCUT2D eigenvalue weighted by molar-refractivity contribution is 6.37. The minimum Gasteiger partial charge on any atom is -0.459 e. The maximum absolute atomic E-state index is 12.7. The van der Waals surface area contributed by atoms with E-state index in [-0.39, 0.29) is 13.0 Å². The molecule has 2 rings (SSSR count). The average molecular weight is 229 g/mol. The molecule has 0 amide bonds. The fourth-order valence-corrected chi connectivity index (χ4v) is 1.45. The molecular weight excluding hydrogens is 219 g/mol. The lowest BCUT2D eigenvalue weighted by Gasteiger charge is -2.07. The van der Waals surface area contributed by atoms with Crippen LogP contribution in [0.5, 0.6) is 0 Å². The van der Waals surface area contributed by atoms with Gasteiger partial charge >= 0.3 is 5.97 Å². The second kappa shape index (κ2) is 3.81. The maximum atomic E-state index is 12.7. The molecule has 0 bridgehead atoms. The summed E-state index contributed by atoms with van der Waals surface area (Å²) in [5, 5.41) is 0. The molecule has 0 heterocycles. The van der Waals surface area contributed by atoms with Crippen molar-refractivity contribution in [2.45, 2.75) is 24.1 Å². The summed E-state index contributed by atoms with van der Waals surface area (Å²) in [5.41, 5.74) is 0.863. The van der Waals surface area contributed by atoms with Crippen molar-refractivity contribution in [3.05, 3.63) is 35.9 Å². The lowest BCUT2D eigenvalue weighted by molar-refractivity contribution is -0.145. The van der Waals surface area contributed by atoms with Gasteiger partial charge in [0.2, 0.25) is 0 Å². The number of ether oxygens (including phenoxy) is 1. The van der Waals surface area contributed by atoms with Crippen LogP contribution >= 0.6 is 11.6 Å². The Balaban J connectivity index is 1.87. The highest BCUT2D eigenvalue weighted by atomic mass is 35.5. The number of hydrogen-bond donors (Lipinski definition) is 0. The molecule has 1 fully saturated rings. The smallest absolute Gasteiger partial charge is 0.330 e. The van der Waals surface area contributed by atoms with E-state index in [2.05, 4.69) is 0 Å². The molecule has 0 radical (unpaired) electrons. The lowest BCUT2D eigenvalue weighted by Crippen LogP contribution is -2.21. The van der Waals surface area contributed by atoms with Gasteiger partial charge in [-0.2, -0.15) is 0 Å². The van der Waals surface area contributed by atoms with Crippen LogP contribution in [0.25, 0.3) is 0 Å². The van der Waals surface area contributed by atoms with E-state index in [4.69, 9.17) is 16.3 Å². The summed E-state index contributed by atoms with van der Waals surface area (Å²) in [6.07, 6.45) is -1.20. The molecule has 2 nitrogen and oxygen atoms in total. The third kappa shape index (κ3) is 2.12. The van der Waals surface area contributed by atoms with Crippen molar-refractivity contribution in [2.75, 3.05) is 0 Å². The average Bonchev–Trinajstić information content (AvgIpc) is 2.86. The SMILES string of the molecule is O=C(OCc1ccccc1)C1(Cl)CC1F. The van der Waals surface area contributed by atoms with Gasteiger partial charge in [-0.3, -0.25) is 4.79 Å². The van der Waals surface area contributed by atoms with Gasteiger partial charge in [0.15, 0.2) is 4.87 Å². The van der Waals surface area contributed by atoms with Crippen LogP contribution in [0, 0.1) is 0 Å². The van der Waals surface area contributed by atoms with Gasteiger partial charge in [-0.05, 0) is 5.56 Å². The highest BCUT2D eigenvalue weighted by Crippen LogP contribution is 2.46. The number of esters is 1. The summed E-state index contributed by atoms with van der Waals surface area (Å²) in [6, 6.07) is 9.21. The largest absolute Gasteiger partial charge is 0.459 e. The Morgan fingerprint density at radius 1 is 1.53 bits per heavy atom. The number of halogens is 2. The predicted molar refractivity (Wildman–Crippen MR) is 54.3 cm³/mol. The maximum Gasteiger partial charge on any atom is 0.330 e. The predicted octanol–water partition coefficient (Wildman–Crippen LogP) is 2.45. The van der Waals surface area contributed by atoms with Crippen molar-refractivity contribution >= 4 is 17.6 Å². The molecule has 0 spiro atoms. The van der Waals surface area contributed by atoms with E-state index in [0.29, 0.717) is 0 Å². The van der Waals surface area contributed by atoms with Gasteiger partial charge < -0.3 is 4.74 Å². The summed E-state index contributed by atoms with van der Waals surface area (Å²) in [4.78, 5) is 9.91. The molecular formula is C11H10ClFO2. The topological polar surface area (TPSA) is 26.3 Å². The summed E-state index contributed by atoms with van der Waals surface area (Å²) in [6.45, 7) is 0.140. The molecule has 1 saturated carbocycles. The van der Waals surface area contributed by atoms with E-state index < -0.39 is 17.0 Å². The van der Waals surface area contributed by atoms with Gasteiger partial charge in [0, 0.05) is 6.42 Å². The van der Waals surface area contributed by atoms with Gasteiger partial charge in [0.25, 0.3) is 0 Å². The fourth-order valence-electron chi connectivity index (χ4n) is 1.26. The molecule has 80 valence electrons. The third-order valence-corrected chi connectivity index (χ3v) is 2.91. The fraction of sp³-hybridized carbons (Fsp3) is 0.364. The van der Waals surface area contributed by atoms with Crippen molar-refractivity contribution in [1.29, 1.82) is 0 Å². The molecule has 1 aliphatic rings. The quantitative estimate of drug-likeness (QED) is 0.587. The van der Waals surface area contributed by atoms with Crippen LogP contribution in [0.2, 0.25) is 0 Å². The Hall–Kier alpha value is -1.09. The van der Waals surface area contributed by atoms with Gasteiger partial charge in [-0.1, -0.05) is 30.3 Å². The molecule has 0 N–H and O–H groups in total. The van der Waals surface area contributed by atoms with E-state index >= 15 is 0 Å². The summed E-state index contributed by atoms with van der Waals surface area (Å²) in [5.74, 6) is -0.666. The summed E-state index contributed by atoms with van der Waals surface area (Å²) < 4.78 is 17.6. The van der Waals surface area contributed by atoms with Crippen molar-refractivity contribution in [3.8, 4) is 0 Å². The van der Waals surface area contributed by atoms with E-state index in [1.165, 1.54) is 0 Å². The molecule has 1 aromatic carbocycles. The molecule has 1 aliphatic carbocycles. The van der Waals surface area contributed by atoms with Gasteiger partial charge in [0.1, 0.15) is 12.8 Å². The first kappa shape index (κ1) is 10.4. The first-order valence-corrected chi connectivity index (χ1v) is 5.05. The van der Waals surface area contributed by atoms with Gasteiger partial charge in [-0.15, -0.1) is 11.6 Å². The molecule has 4 heteroatoms. The Morgan fingerprint density at radius 3 is 2.67 bits per heavy atom. The lowest BCUT2D eigenvalue weighted by atomic mass is 10.2. The second-order valence-electron chi connectivity index (χ2n) is 3.60. The normalized spacial score (nSPS) is 28.5. The van der Waals surface area contributed by atoms with Crippen LogP contribution in [0.3, 0.4) is 0 Å². The molecule has 0 aliphatic heterocycles. The first-order chi connectivity index (χ1) is 7.13. The standard InChI is InChI=1S/C11H10ClFO2/c12-11(6-9(11)13)10(14)15-7-8-4-2-1-3-5-8/h1-5,9H,6-7H2. The number of carbonyl (C=O) groups is 1. The Bertz CT molecular complexity index is 368. The van der Waals surface area contributed by atoms with Crippen molar-refractivity contribution in [2.24, 2.45) is 0 Å². The van der Waals surface area contributed by atoms with Crippen LogP contribution in [0.4, 0.5) is 4.39 Å². The second-order valence-corrected chi connectivity index (χ2v) is 4.27. The van der Waals surface area contributed by atoms with Crippen LogP contribution in [-0.2, 0) is 16.1 Å². The molecule has 1 aromatic rings. The first-order valence-electron chi connectivity index (χ1n) is 4.67. The number of hydrogen-bond acceptors (Lipinski definition) is 2. The third-order valence-electron chi connectivity index (χ3n) is 2.36. The molecule has 15 heavy (non-hydrogen) atoms. The highest BCUT2D eigenvalue weighted by Gasteiger charge is 2.61. The number of carbonyl (C=O) groups excluding carboxylic acids is 1. The number of alkyl halides is 2. The van der Waals surface area contributed by atoms with Crippen molar-refractivity contribution in [1.82, 2.24) is 0 Å². The monoisotopic (exact) mass is 228 g/mol. The van der Waals surface area contributed by atoms with E-state index in [1.54, 1.807) is 0 Å². The van der Waals surface area contributed by atoms with Crippen LogP contribution in [0.15, 0.2) is 30.3 Å². The minimum atomic E-state index is -1.41. The number of rotatable bonds is 3. The molecule has 0 saturated heterocycles. The number of benzene rings is 1. The van der Waals surface area contributed by atoms with Crippen LogP contribution in [-0.4, -0.2) is 17.0 Å². The summed E-state index contributed by atoms with van der Waals surface area (Å²) >= 11 is 5.66. The summed E-state index contributed by atoms with van der Waals surface area (Å²) in [7, 11) is 0. The molecule has 0 aromatic heterocycles. The molecule has 2 unspecified atom stereocenters. The minimum absolute atomic E-state index is 0.0577. The Morgan fingerprint density at radius 2 is 2.13 bits per heavy atom. The van der Waals surface area contributed by atoms with Gasteiger partial charge in [-0.25, -0.2) is 4.39 Å². The zero-order chi connectivity index (χ0) is 10.9. The van der Waals surface area contributed by atoms with Crippen molar-refractivity contribution in [3.63, 3.8) is 0 Å². The van der Waals surface area contributed by atoms with E-state index in [0.717, 1.165) is 5.56 Å². The van der Waals surface area contributed by atoms with Gasteiger partial charge in [0.05, 0.1) is 0 Å². The Labute approximate surface area is 92.0 Å². The van der Waals surface area contributed by atoms with E-state index in [1.807, 2.05) is 30.3 Å². The Kier molecular flexibility index (Phi) is 2.65. The van der Waals surface area contributed by atoms with Crippen LogP contribution < -0.4 is 0 Å².